The van der Waals surface area contributed by atoms with E-state index in [0.29, 0.717) is 5.78 Å². The maximum Gasteiger partial charge on any atom is 0.179 e. The molecule has 2 rings (SSSR count). The first-order chi connectivity index (χ1) is 5.27. The van der Waals surface area contributed by atoms with Crippen molar-refractivity contribution in [2.75, 3.05) is 0 Å². The number of carbonyl (C=O) groups is 1. The minimum atomic E-state index is 0.296. The molecule has 0 unspecified atom stereocenters. The van der Waals surface area contributed by atoms with Gasteiger partial charge >= 0.3 is 0 Å². The summed E-state index contributed by atoms with van der Waals surface area (Å²) in [6, 6.07) is 1.97. The lowest BCUT2D eigenvalue weighted by Crippen LogP contribution is -2.14. The highest BCUT2D eigenvalue weighted by atomic mass is 16.1. The highest BCUT2D eigenvalue weighted by molar-refractivity contribution is 5.95. The first-order valence-corrected chi connectivity index (χ1v) is 3.97. The molecule has 0 bridgehead atoms. The molecule has 2 heteroatoms. The van der Waals surface area contributed by atoms with Gasteiger partial charge in [0.2, 0.25) is 0 Å². The number of carbonyl (C=O) groups excluding carboxylic acids is 1. The van der Waals surface area contributed by atoms with E-state index in [9.17, 15) is 4.79 Å². The predicted octanol–water partition coefficient (Wildman–Crippen LogP) is 1.77. The monoisotopic (exact) mass is 149 g/mol. The topological polar surface area (TPSA) is 22.0 Å². The summed E-state index contributed by atoms with van der Waals surface area (Å²) >= 11 is 0. The van der Waals surface area contributed by atoms with Crippen LogP contribution in [0.25, 0.3) is 0 Å². The molecule has 11 heavy (non-hydrogen) atoms. The Morgan fingerprint density at radius 2 is 2.36 bits per heavy atom. The van der Waals surface area contributed by atoms with Gasteiger partial charge in [-0.15, -0.1) is 0 Å². The molecule has 2 nitrogen and oxygen atoms in total. The smallest absolute Gasteiger partial charge is 0.179 e. The summed E-state index contributed by atoms with van der Waals surface area (Å²) in [5, 5.41) is 0. The molecule has 0 radical (unpaired) electrons. The summed E-state index contributed by atoms with van der Waals surface area (Å²) in [7, 11) is 0. The minimum Gasteiger partial charge on any atom is -0.345 e. The van der Waals surface area contributed by atoms with Gasteiger partial charge in [0, 0.05) is 19.2 Å². The summed E-state index contributed by atoms with van der Waals surface area (Å²) in [4.78, 5) is 11.3. The number of nitrogens with zero attached hydrogens (tertiary/aromatic N) is 1. The van der Waals surface area contributed by atoms with Crippen molar-refractivity contribution >= 4 is 5.78 Å². The zero-order valence-corrected chi connectivity index (χ0v) is 6.63. The van der Waals surface area contributed by atoms with E-state index in [1.165, 1.54) is 5.56 Å². The second-order valence-electron chi connectivity index (χ2n) is 3.12. The minimum absolute atomic E-state index is 0.296. The summed E-state index contributed by atoms with van der Waals surface area (Å²) in [6.07, 6.45) is 3.77. The van der Waals surface area contributed by atoms with Gasteiger partial charge in [0.05, 0.1) is 5.69 Å². The molecule has 0 amide bonds. The fraction of sp³-hybridized carbons (Fsp3) is 0.444. The van der Waals surface area contributed by atoms with Crippen molar-refractivity contribution < 1.29 is 4.79 Å². The van der Waals surface area contributed by atoms with Crippen LogP contribution in [0.4, 0.5) is 0 Å². The van der Waals surface area contributed by atoms with Crippen LogP contribution in [0.3, 0.4) is 0 Å². The molecule has 1 aliphatic rings. The molecule has 0 aliphatic carbocycles. The number of hydrogen-bond donors (Lipinski definition) is 0. The Balaban J connectivity index is 2.52. The van der Waals surface area contributed by atoms with Gasteiger partial charge in [0.25, 0.3) is 0 Å². The number of Topliss-reactive ketones (excluding diaryl/α,β-unsaturated/α-hetero) is 1. The van der Waals surface area contributed by atoms with Gasteiger partial charge in [-0.2, -0.15) is 0 Å². The highest BCUT2D eigenvalue weighted by Gasteiger charge is 2.16. The molecule has 0 atom stereocenters. The van der Waals surface area contributed by atoms with Gasteiger partial charge in [-0.1, -0.05) is 0 Å². The molecule has 0 saturated carbocycles. The zero-order chi connectivity index (χ0) is 7.84. The molecule has 0 fully saturated rings. The van der Waals surface area contributed by atoms with Crippen molar-refractivity contribution in [1.29, 1.82) is 0 Å². The van der Waals surface area contributed by atoms with Crippen LogP contribution in [-0.4, -0.2) is 10.4 Å². The first kappa shape index (κ1) is 6.65. The molecular weight excluding hydrogens is 138 g/mol. The Morgan fingerprint density at radius 3 is 3.09 bits per heavy atom. The van der Waals surface area contributed by atoms with Crippen LogP contribution >= 0.6 is 0 Å². The number of hydrogen-bond acceptors (Lipinski definition) is 1. The Hall–Kier alpha value is -1.05. The lowest BCUT2D eigenvalue weighted by Gasteiger charge is -2.12. The van der Waals surface area contributed by atoms with E-state index >= 15 is 0 Å². The van der Waals surface area contributed by atoms with E-state index in [2.05, 4.69) is 4.57 Å². The molecular formula is C9H11NO. The van der Waals surface area contributed by atoms with Crippen molar-refractivity contribution in [3.63, 3.8) is 0 Å². The van der Waals surface area contributed by atoms with Gasteiger partial charge in [-0.05, 0) is 25.0 Å². The Labute approximate surface area is 65.8 Å². The molecule has 0 aromatic carbocycles. The number of aromatic nitrogens is 1. The quantitative estimate of drug-likeness (QED) is 0.551. The average molecular weight is 149 g/mol. The van der Waals surface area contributed by atoms with Crippen LogP contribution < -0.4 is 0 Å². The maximum absolute atomic E-state index is 11.3. The lowest BCUT2D eigenvalue weighted by molar-refractivity contribution is 0.0955. The van der Waals surface area contributed by atoms with Gasteiger partial charge in [-0.3, -0.25) is 4.79 Å². The van der Waals surface area contributed by atoms with Crippen molar-refractivity contribution in [2.45, 2.75) is 26.3 Å². The van der Waals surface area contributed by atoms with Crippen LogP contribution in [0.15, 0.2) is 12.3 Å². The highest BCUT2D eigenvalue weighted by Crippen LogP contribution is 2.17. The molecule has 0 saturated heterocycles. The standard InChI is InChI=1S/C9H11NO/c1-7-5-8-9(11)3-2-4-10(8)6-7/h5-6H,2-4H2,1H3. The van der Waals surface area contributed by atoms with Crippen molar-refractivity contribution in [3.05, 3.63) is 23.5 Å². The zero-order valence-electron chi connectivity index (χ0n) is 6.63. The normalized spacial score (nSPS) is 16.6. The molecule has 1 aromatic heterocycles. The Kier molecular flexibility index (Phi) is 1.34. The van der Waals surface area contributed by atoms with E-state index in [1.807, 2.05) is 19.2 Å². The van der Waals surface area contributed by atoms with Crippen LogP contribution in [0.1, 0.15) is 28.9 Å². The van der Waals surface area contributed by atoms with Crippen LogP contribution in [0, 0.1) is 6.92 Å². The third kappa shape index (κ3) is 0.985. The second kappa shape index (κ2) is 2.22. The summed E-state index contributed by atoms with van der Waals surface area (Å²) in [5.74, 6) is 0.296. The van der Waals surface area contributed by atoms with E-state index in [-0.39, 0.29) is 0 Å². The molecule has 0 spiro atoms. The molecule has 1 aromatic rings. The van der Waals surface area contributed by atoms with Crippen LogP contribution in [0.5, 0.6) is 0 Å². The predicted molar refractivity (Wildman–Crippen MR) is 42.7 cm³/mol. The van der Waals surface area contributed by atoms with Gasteiger partial charge in [0.1, 0.15) is 0 Å². The third-order valence-corrected chi connectivity index (χ3v) is 2.12. The summed E-state index contributed by atoms with van der Waals surface area (Å²) in [5.41, 5.74) is 2.09. The summed E-state index contributed by atoms with van der Waals surface area (Å²) in [6.45, 7) is 3.04. The van der Waals surface area contributed by atoms with E-state index in [0.717, 1.165) is 25.1 Å². The third-order valence-electron chi connectivity index (χ3n) is 2.12. The number of aryl methyl sites for hydroxylation is 2. The van der Waals surface area contributed by atoms with E-state index in [4.69, 9.17) is 0 Å². The largest absolute Gasteiger partial charge is 0.345 e. The maximum atomic E-state index is 11.3. The van der Waals surface area contributed by atoms with Crippen molar-refractivity contribution in [2.24, 2.45) is 0 Å². The van der Waals surface area contributed by atoms with Crippen molar-refractivity contribution in [1.82, 2.24) is 4.57 Å². The molecule has 2 heterocycles. The first-order valence-electron chi connectivity index (χ1n) is 3.97. The summed E-state index contributed by atoms with van der Waals surface area (Å²) < 4.78 is 2.06. The lowest BCUT2D eigenvalue weighted by atomic mass is 10.1. The van der Waals surface area contributed by atoms with Crippen LogP contribution in [0.2, 0.25) is 0 Å². The molecule has 1 aliphatic heterocycles. The molecule has 58 valence electrons. The Bertz CT molecular complexity index is 299. The second-order valence-corrected chi connectivity index (χ2v) is 3.12. The van der Waals surface area contributed by atoms with Gasteiger partial charge < -0.3 is 4.57 Å². The number of fused-ring (bicyclic) bond motifs is 1. The fourth-order valence-corrected chi connectivity index (χ4v) is 1.61. The van der Waals surface area contributed by atoms with E-state index in [1.54, 1.807) is 0 Å². The van der Waals surface area contributed by atoms with E-state index < -0.39 is 0 Å². The average Bonchev–Trinajstić information content (AvgIpc) is 2.31. The van der Waals surface area contributed by atoms with Crippen LogP contribution in [-0.2, 0) is 6.54 Å². The molecule has 0 N–H and O–H groups in total. The van der Waals surface area contributed by atoms with Gasteiger partial charge in [0.15, 0.2) is 5.78 Å². The fourth-order valence-electron chi connectivity index (χ4n) is 1.61. The SMILES string of the molecule is Cc1cc2n(c1)CCCC2=O. The number of ketones is 1. The Morgan fingerprint density at radius 1 is 1.55 bits per heavy atom. The van der Waals surface area contributed by atoms with Gasteiger partial charge in [-0.25, -0.2) is 0 Å². The van der Waals surface area contributed by atoms with Crippen molar-refractivity contribution in [3.8, 4) is 0 Å². The number of rotatable bonds is 0.